The fraction of sp³-hybridized carbons (Fsp3) is 0.176. The van der Waals surface area contributed by atoms with Gasteiger partial charge in [-0.3, -0.25) is 9.63 Å². The largest absolute Gasteiger partial charge is 0.448 e. The van der Waals surface area contributed by atoms with Crippen LogP contribution in [0.15, 0.2) is 54.6 Å². The Bertz CT molecular complexity index is 684. The van der Waals surface area contributed by atoms with Crippen molar-refractivity contribution in [2.45, 2.75) is 19.1 Å². The number of nitrogens with one attached hydrogen (secondary N) is 1. The van der Waals surface area contributed by atoms with E-state index < -0.39 is 18.0 Å². The van der Waals surface area contributed by atoms with Gasteiger partial charge >= 0.3 is 5.97 Å². The summed E-state index contributed by atoms with van der Waals surface area (Å²) < 4.78 is 5.15. The first-order valence-electron chi connectivity index (χ1n) is 6.98. The van der Waals surface area contributed by atoms with Crippen molar-refractivity contribution in [3.8, 4) is 0 Å². The molecule has 0 aromatic heterocycles. The Balaban J connectivity index is 1.56. The summed E-state index contributed by atoms with van der Waals surface area (Å²) in [5.74, 6) is -0.941. The molecule has 5 nitrogen and oxygen atoms in total. The summed E-state index contributed by atoms with van der Waals surface area (Å²) >= 11 is 0. The lowest BCUT2D eigenvalue weighted by Crippen LogP contribution is -2.41. The predicted molar refractivity (Wildman–Crippen MR) is 78.7 cm³/mol. The highest BCUT2D eigenvalue weighted by atomic mass is 16.7. The molecule has 1 N–H and O–H groups in total. The standard InChI is InChI=1S/C17H15NO4/c19-16(18-21-11-12-6-2-1-3-7-12)15-10-13-8-4-5-9-14(13)17(20)22-15/h1-9,15H,10-11H2,(H,18,19)/t15-/m0/s1. The first kappa shape index (κ1) is 14.3. The molecule has 1 aliphatic heterocycles. The van der Waals surface area contributed by atoms with Crippen molar-refractivity contribution in [1.82, 2.24) is 5.48 Å². The molecule has 5 heteroatoms. The van der Waals surface area contributed by atoms with Crippen molar-refractivity contribution < 1.29 is 19.2 Å². The molecule has 112 valence electrons. The second-order valence-electron chi connectivity index (χ2n) is 5.00. The average molecular weight is 297 g/mol. The quantitative estimate of drug-likeness (QED) is 0.692. The van der Waals surface area contributed by atoms with E-state index in [4.69, 9.17) is 9.57 Å². The maximum atomic E-state index is 12.0. The minimum atomic E-state index is -0.863. The summed E-state index contributed by atoms with van der Waals surface area (Å²) in [5.41, 5.74) is 4.59. The van der Waals surface area contributed by atoms with Gasteiger partial charge in [0.1, 0.15) is 0 Å². The molecule has 2 aromatic rings. The van der Waals surface area contributed by atoms with E-state index >= 15 is 0 Å². The van der Waals surface area contributed by atoms with E-state index in [1.54, 1.807) is 12.1 Å². The van der Waals surface area contributed by atoms with Gasteiger partial charge in [-0.1, -0.05) is 48.5 Å². The summed E-state index contributed by atoms with van der Waals surface area (Å²) in [6, 6.07) is 16.6. The molecule has 0 saturated heterocycles. The molecule has 3 rings (SSSR count). The van der Waals surface area contributed by atoms with Gasteiger partial charge in [0, 0.05) is 6.42 Å². The highest BCUT2D eigenvalue weighted by molar-refractivity contribution is 5.95. The van der Waals surface area contributed by atoms with Gasteiger partial charge in [-0.15, -0.1) is 0 Å². The van der Waals surface area contributed by atoms with Gasteiger partial charge < -0.3 is 4.74 Å². The zero-order chi connectivity index (χ0) is 15.4. The van der Waals surface area contributed by atoms with Crippen LogP contribution in [0.4, 0.5) is 0 Å². The lowest BCUT2D eigenvalue weighted by atomic mass is 9.98. The molecule has 22 heavy (non-hydrogen) atoms. The number of rotatable bonds is 4. The summed E-state index contributed by atoms with van der Waals surface area (Å²) in [4.78, 5) is 29.1. The van der Waals surface area contributed by atoms with Crippen molar-refractivity contribution in [3.05, 3.63) is 71.3 Å². The Morgan fingerprint density at radius 2 is 1.86 bits per heavy atom. The minimum Gasteiger partial charge on any atom is -0.448 e. The topological polar surface area (TPSA) is 64.6 Å². The number of carbonyl (C=O) groups excluding carboxylic acids is 2. The smallest absolute Gasteiger partial charge is 0.339 e. The van der Waals surface area contributed by atoms with Gasteiger partial charge in [0.2, 0.25) is 0 Å². The maximum Gasteiger partial charge on any atom is 0.339 e. The molecule has 1 atom stereocenters. The predicted octanol–water partition coefficient (Wildman–Crippen LogP) is 2.02. The summed E-state index contributed by atoms with van der Waals surface area (Å²) in [5, 5.41) is 0. The van der Waals surface area contributed by atoms with Crippen LogP contribution in [-0.2, 0) is 27.4 Å². The molecule has 0 saturated carbocycles. The number of hydroxylamine groups is 1. The Morgan fingerprint density at radius 1 is 1.14 bits per heavy atom. The summed E-state index contributed by atoms with van der Waals surface area (Å²) in [6.45, 7) is 0.254. The minimum absolute atomic E-state index is 0.254. The summed E-state index contributed by atoms with van der Waals surface area (Å²) in [6.07, 6.45) is -0.513. The third kappa shape index (κ3) is 3.15. The molecule has 0 bridgehead atoms. The van der Waals surface area contributed by atoms with Crippen LogP contribution in [0.1, 0.15) is 21.5 Å². The lowest BCUT2D eigenvalue weighted by Gasteiger charge is -2.23. The van der Waals surface area contributed by atoms with Gasteiger partial charge in [-0.2, -0.15) is 0 Å². The normalized spacial score (nSPS) is 16.5. The summed E-state index contributed by atoms with van der Waals surface area (Å²) in [7, 11) is 0. The van der Waals surface area contributed by atoms with Crippen LogP contribution in [0, 0.1) is 0 Å². The number of carbonyl (C=O) groups is 2. The highest BCUT2D eigenvalue weighted by Gasteiger charge is 2.31. The zero-order valence-electron chi connectivity index (χ0n) is 11.8. The second-order valence-corrected chi connectivity index (χ2v) is 5.00. The lowest BCUT2D eigenvalue weighted by molar-refractivity contribution is -0.144. The van der Waals surface area contributed by atoms with Crippen LogP contribution in [0.3, 0.4) is 0 Å². The number of amides is 1. The van der Waals surface area contributed by atoms with Crippen molar-refractivity contribution in [2.24, 2.45) is 0 Å². The zero-order valence-corrected chi connectivity index (χ0v) is 11.8. The van der Waals surface area contributed by atoms with Gasteiger partial charge in [0.25, 0.3) is 5.91 Å². The average Bonchev–Trinajstić information content (AvgIpc) is 2.56. The molecule has 1 amide bonds. The first-order valence-corrected chi connectivity index (χ1v) is 6.98. The fourth-order valence-corrected chi connectivity index (χ4v) is 2.31. The SMILES string of the molecule is O=C1O[C@H](C(=O)NOCc2ccccc2)Cc2ccccc21. The first-order chi connectivity index (χ1) is 10.7. The van der Waals surface area contributed by atoms with E-state index in [1.165, 1.54) is 0 Å². The molecular formula is C17H15NO4. The molecule has 2 aromatic carbocycles. The number of hydrogen-bond acceptors (Lipinski definition) is 4. The molecule has 0 unspecified atom stereocenters. The van der Waals surface area contributed by atoms with E-state index in [1.807, 2.05) is 42.5 Å². The number of benzene rings is 2. The van der Waals surface area contributed by atoms with E-state index in [0.717, 1.165) is 11.1 Å². The van der Waals surface area contributed by atoms with Gasteiger partial charge in [-0.25, -0.2) is 10.3 Å². The van der Waals surface area contributed by atoms with Crippen LogP contribution in [-0.4, -0.2) is 18.0 Å². The Morgan fingerprint density at radius 3 is 2.68 bits per heavy atom. The van der Waals surface area contributed by atoms with Crippen LogP contribution < -0.4 is 5.48 Å². The van der Waals surface area contributed by atoms with Crippen molar-refractivity contribution in [3.63, 3.8) is 0 Å². The van der Waals surface area contributed by atoms with Crippen LogP contribution >= 0.6 is 0 Å². The Hall–Kier alpha value is -2.66. The monoisotopic (exact) mass is 297 g/mol. The third-order valence-corrected chi connectivity index (χ3v) is 3.44. The number of ether oxygens (including phenoxy) is 1. The third-order valence-electron chi connectivity index (χ3n) is 3.44. The van der Waals surface area contributed by atoms with Gasteiger partial charge in [-0.05, 0) is 17.2 Å². The molecule has 0 fully saturated rings. The Labute approximate surface area is 127 Å². The fourth-order valence-electron chi connectivity index (χ4n) is 2.31. The molecule has 0 spiro atoms. The van der Waals surface area contributed by atoms with Gasteiger partial charge in [0.05, 0.1) is 12.2 Å². The van der Waals surface area contributed by atoms with Crippen LogP contribution in [0.25, 0.3) is 0 Å². The number of fused-ring (bicyclic) bond motifs is 1. The molecule has 0 radical (unpaired) electrons. The van der Waals surface area contributed by atoms with Crippen LogP contribution in [0.5, 0.6) is 0 Å². The van der Waals surface area contributed by atoms with Crippen molar-refractivity contribution >= 4 is 11.9 Å². The molecule has 1 aliphatic rings. The number of cyclic esters (lactones) is 1. The maximum absolute atomic E-state index is 12.0. The van der Waals surface area contributed by atoms with E-state index in [2.05, 4.69) is 5.48 Å². The van der Waals surface area contributed by atoms with E-state index in [-0.39, 0.29) is 6.61 Å². The number of esters is 1. The van der Waals surface area contributed by atoms with E-state index in [0.29, 0.717) is 12.0 Å². The second kappa shape index (κ2) is 6.41. The number of hydrogen-bond donors (Lipinski definition) is 1. The van der Waals surface area contributed by atoms with Crippen LogP contribution in [0.2, 0.25) is 0 Å². The highest BCUT2D eigenvalue weighted by Crippen LogP contribution is 2.20. The molecule has 1 heterocycles. The Kier molecular flexibility index (Phi) is 4.16. The van der Waals surface area contributed by atoms with Crippen molar-refractivity contribution in [1.29, 1.82) is 0 Å². The van der Waals surface area contributed by atoms with Crippen molar-refractivity contribution in [2.75, 3.05) is 0 Å². The molecule has 0 aliphatic carbocycles. The molecular weight excluding hydrogens is 282 g/mol. The van der Waals surface area contributed by atoms with Gasteiger partial charge in [0.15, 0.2) is 6.10 Å². The van der Waals surface area contributed by atoms with E-state index in [9.17, 15) is 9.59 Å².